The van der Waals surface area contributed by atoms with Crippen LogP contribution >= 0.6 is 0 Å². The summed E-state index contributed by atoms with van der Waals surface area (Å²) in [5, 5.41) is 6.09. The lowest BCUT2D eigenvalue weighted by molar-refractivity contribution is -0.132. The normalized spacial score (nSPS) is 13.4. The molecule has 1 aliphatic rings. The van der Waals surface area contributed by atoms with Crippen LogP contribution in [0.15, 0.2) is 48.7 Å². The molecule has 0 bridgehead atoms. The number of fused-ring (bicyclic) bond motifs is 1. The number of rotatable bonds is 6. The Labute approximate surface area is 205 Å². The number of benzene rings is 1. The Balaban J connectivity index is 1.72. The first kappa shape index (κ1) is 24.2. The number of pyridine rings is 1. The minimum Gasteiger partial charge on any atom is -0.355 e. The molecule has 0 spiro atoms. The molecule has 8 heteroatoms. The summed E-state index contributed by atoms with van der Waals surface area (Å²) in [6, 6.07) is 13.2. The molecular formula is C27H31N5O3. The SMILES string of the molecule is CC(=O)Nc1cc(-c2[nH]c3c(c2Nc2ccccc2)C(=O)CN(C(=O)CCC(C)(C)C)C3)ccn1. The number of Topliss-reactive ketones (excluding diaryl/α,β-unsaturated/α-hetero) is 1. The van der Waals surface area contributed by atoms with Gasteiger partial charge in [-0.1, -0.05) is 39.0 Å². The predicted molar refractivity (Wildman–Crippen MR) is 136 cm³/mol. The first-order valence-corrected chi connectivity index (χ1v) is 11.7. The summed E-state index contributed by atoms with van der Waals surface area (Å²) in [4.78, 5) is 47.0. The molecule has 2 amide bonds. The van der Waals surface area contributed by atoms with Crippen molar-refractivity contribution in [2.75, 3.05) is 17.2 Å². The van der Waals surface area contributed by atoms with Gasteiger partial charge < -0.3 is 20.5 Å². The van der Waals surface area contributed by atoms with Crippen LogP contribution in [0.3, 0.4) is 0 Å². The van der Waals surface area contributed by atoms with Crippen LogP contribution in [0.2, 0.25) is 0 Å². The third-order valence-corrected chi connectivity index (χ3v) is 5.88. The number of nitrogens with zero attached hydrogens (tertiary/aromatic N) is 2. The number of aromatic nitrogens is 2. The van der Waals surface area contributed by atoms with E-state index in [9.17, 15) is 14.4 Å². The van der Waals surface area contributed by atoms with Crippen molar-refractivity contribution in [3.8, 4) is 11.3 Å². The van der Waals surface area contributed by atoms with Crippen molar-refractivity contribution in [2.45, 2.75) is 47.1 Å². The zero-order chi connectivity index (χ0) is 25.2. The standard InChI is InChI=1S/C27H31N5O3/c1-17(33)29-22-14-18(11-13-28-22)25-26(30-19-8-6-5-7-9-19)24-20(31-25)15-32(16-21(24)34)23(35)10-12-27(2,3)4/h5-9,11,13-14,30-31H,10,12,15-16H2,1-4H3,(H,28,29,33). The molecule has 0 atom stereocenters. The lowest BCUT2D eigenvalue weighted by Crippen LogP contribution is -2.39. The summed E-state index contributed by atoms with van der Waals surface area (Å²) >= 11 is 0. The lowest BCUT2D eigenvalue weighted by atomic mass is 9.90. The first-order chi connectivity index (χ1) is 16.6. The summed E-state index contributed by atoms with van der Waals surface area (Å²) in [5.41, 5.74) is 4.24. The number of hydrogen-bond donors (Lipinski definition) is 3. The van der Waals surface area contributed by atoms with Gasteiger partial charge in [-0.05, 0) is 36.1 Å². The van der Waals surface area contributed by atoms with Crippen molar-refractivity contribution in [2.24, 2.45) is 5.41 Å². The van der Waals surface area contributed by atoms with Crippen molar-refractivity contribution in [3.63, 3.8) is 0 Å². The predicted octanol–water partition coefficient (Wildman–Crippen LogP) is 5.13. The maximum atomic E-state index is 13.3. The Morgan fingerprint density at radius 2 is 1.86 bits per heavy atom. The van der Waals surface area contributed by atoms with Crippen LogP contribution in [-0.2, 0) is 16.1 Å². The summed E-state index contributed by atoms with van der Waals surface area (Å²) in [6.07, 6.45) is 2.76. The summed E-state index contributed by atoms with van der Waals surface area (Å²) in [7, 11) is 0. The van der Waals surface area contributed by atoms with Gasteiger partial charge in [0.1, 0.15) is 5.82 Å². The van der Waals surface area contributed by atoms with Gasteiger partial charge in [-0.25, -0.2) is 4.98 Å². The third kappa shape index (κ3) is 5.77. The number of carbonyl (C=O) groups is 3. The van der Waals surface area contributed by atoms with E-state index in [1.807, 2.05) is 36.4 Å². The molecule has 3 N–H and O–H groups in total. The summed E-state index contributed by atoms with van der Waals surface area (Å²) < 4.78 is 0. The Hall–Kier alpha value is -3.94. The van der Waals surface area contributed by atoms with Crippen molar-refractivity contribution < 1.29 is 14.4 Å². The molecule has 35 heavy (non-hydrogen) atoms. The molecular weight excluding hydrogens is 442 g/mol. The van der Waals surface area contributed by atoms with Crippen LogP contribution in [-0.4, -0.2) is 39.0 Å². The van der Waals surface area contributed by atoms with Gasteiger partial charge in [0, 0.05) is 36.5 Å². The van der Waals surface area contributed by atoms with E-state index in [4.69, 9.17) is 0 Å². The van der Waals surface area contributed by atoms with Gasteiger partial charge in [-0.15, -0.1) is 0 Å². The largest absolute Gasteiger partial charge is 0.355 e. The monoisotopic (exact) mass is 473 g/mol. The van der Waals surface area contributed by atoms with Crippen molar-refractivity contribution >= 4 is 34.8 Å². The van der Waals surface area contributed by atoms with Crippen molar-refractivity contribution in [3.05, 3.63) is 59.9 Å². The molecule has 2 aromatic heterocycles. The van der Waals surface area contributed by atoms with Crippen molar-refractivity contribution in [1.29, 1.82) is 0 Å². The molecule has 3 heterocycles. The zero-order valence-corrected chi connectivity index (χ0v) is 20.6. The van der Waals surface area contributed by atoms with E-state index in [2.05, 4.69) is 41.4 Å². The second-order valence-corrected chi connectivity index (χ2v) is 10.1. The van der Waals surface area contributed by atoms with Crippen LogP contribution in [0.5, 0.6) is 0 Å². The number of H-pyrrole nitrogens is 1. The fourth-order valence-electron chi connectivity index (χ4n) is 4.14. The number of para-hydroxylation sites is 1. The molecule has 182 valence electrons. The number of aromatic amines is 1. The van der Waals surface area contributed by atoms with Gasteiger partial charge in [-0.2, -0.15) is 0 Å². The van der Waals surface area contributed by atoms with Gasteiger partial charge in [0.15, 0.2) is 5.78 Å². The van der Waals surface area contributed by atoms with Gasteiger partial charge in [0.05, 0.1) is 30.0 Å². The molecule has 4 rings (SSSR count). The minimum absolute atomic E-state index is 0.0236. The number of amides is 2. The number of hydrogen-bond acceptors (Lipinski definition) is 5. The van der Waals surface area contributed by atoms with E-state index in [-0.39, 0.29) is 29.6 Å². The van der Waals surface area contributed by atoms with E-state index >= 15 is 0 Å². The molecule has 1 aromatic carbocycles. The first-order valence-electron chi connectivity index (χ1n) is 11.7. The maximum Gasteiger partial charge on any atom is 0.223 e. The molecule has 0 aliphatic carbocycles. The van der Waals surface area contributed by atoms with E-state index in [1.165, 1.54) is 6.92 Å². The summed E-state index contributed by atoms with van der Waals surface area (Å²) in [6.45, 7) is 8.10. The van der Waals surface area contributed by atoms with Gasteiger partial charge >= 0.3 is 0 Å². The molecule has 0 unspecified atom stereocenters. The van der Waals surface area contributed by atoms with E-state index in [1.54, 1.807) is 17.2 Å². The van der Waals surface area contributed by atoms with Crippen LogP contribution in [0, 0.1) is 5.41 Å². The van der Waals surface area contributed by atoms with Crippen LogP contribution in [0.4, 0.5) is 17.2 Å². The number of nitrogens with one attached hydrogen (secondary N) is 3. The second-order valence-electron chi connectivity index (χ2n) is 10.1. The van der Waals surface area contributed by atoms with E-state index in [0.717, 1.165) is 17.7 Å². The van der Waals surface area contributed by atoms with Gasteiger partial charge in [-0.3, -0.25) is 14.4 Å². The zero-order valence-electron chi connectivity index (χ0n) is 20.6. The fraction of sp³-hybridized carbons (Fsp3) is 0.333. The Kier molecular flexibility index (Phi) is 6.73. The average molecular weight is 474 g/mol. The quantitative estimate of drug-likeness (QED) is 0.460. The third-order valence-electron chi connectivity index (χ3n) is 5.88. The molecule has 0 fully saturated rings. The molecule has 0 saturated heterocycles. The van der Waals surface area contributed by atoms with Crippen LogP contribution in [0.25, 0.3) is 11.3 Å². The molecule has 8 nitrogen and oxygen atoms in total. The highest BCUT2D eigenvalue weighted by atomic mass is 16.2. The summed E-state index contributed by atoms with van der Waals surface area (Å²) in [5.74, 6) is 0.0538. The molecule has 1 aliphatic heterocycles. The Morgan fingerprint density at radius 3 is 2.54 bits per heavy atom. The number of anilines is 3. The van der Waals surface area contributed by atoms with Crippen LogP contribution < -0.4 is 10.6 Å². The number of ketones is 1. The van der Waals surface area contributed by atoms with Gasteiger partial charge in [0.25, 0.3) is 0 Å². The molecule has 3 aromatic rings. The second kappa shape index (κ2) is 9.74. The van der Waals surface area contributed by atoms with E-state index < -0.39 is 0 Å². The minimum atomic E-state index is -0.220. The smallest absolute Gasteiger partial charge is 0.223 e. The maximum absolute atomic E-state index is 13.3. The van der Waals surface area contributed by atoms with Gasteiger partial charge in [0.2, 0.25) is 11.8 Å². The van der Waals surface area contributed by atoms with Crippen molar-refractivity contribution in [1.82, 2.24) is 14.9 Å². The lowest BCUT2D eigenvalue weighted by Gasteiger charge is -2.28. The fourth-order valence-corrected chi connectivity index (χ4v) is 4.14. The molecule has 0 saturated carbocycles. The topological polar surface area (TPSA) is 107 Å². The Bertz CT molecular complexity index is 1260. The van der Waals surface area contributed by atoms with Crippen LogP contribution in [0.1, 0.15) is 56.6 Å². The highest BCUT2D eigenvalue weighted by Crippen LogP contribution is 2.38. The van der Waals surface area contributed by atoms with E-state index in [0.29, 0.717) is 41.4 Å². The highest BCUT2D eigenvalue weighted by Gasteiger charge is 2.33. The average Bonchev–Trinajstić information content (AvgIpc) is 3.16. The Morgan fingerprint density at radius 1 is 1.11 bits per heavy atom. The molecule has 0 radical (unpaired) electrons. The highest BCUT2D eigenvalue weighted by molar-refractivity contribution is 6.09. The number of carbonyl (C=O) groups excluding carboxylic acids is 3.